The molecule has 0 amide bonds. The van der Waals surface area contributed by atoms with Crippen molar-refractivity contribution < 1.29 is 0 Å². The number of hydrogen-bond donors (Lipinski definition) is 2. The van der Waals surface area contributed by atoms with E-state index in [4.69, 9.17) is 4.98 Å². The molecular formula is C16H29N5. The van der Waals surface area contributed by atoms with Crippen molar-refractivity contribution in [3.63, 3.8) is 0 Å². The highest BCUT2D eigenvalue weighted by molar-refractivity contribution is 5.30. The van der Waals surface area contributed by atoms with Crippen LogP contribution >= 0.6 is 0 Å². The molecule has 0 bridgehead atoms. The Labute approximate surface area is 127 Å². The van der Waals surface area contributed by atoms with Crippen molar-refractivity contribution in [3.05, 3.63) is 5.82 Å². The van der Waals surface area contributed by atoms with E-state index in [0.717, 1.165) is 43.2 Å². The smallest absolute Gasteiger partial charge is 0.244 e. The summed E-state index contributed by atoms with van der Waals surface area (Å²) in [4.78, 5) is 7.17. The van der Waals surface area contributed by atoms with E-state index >= 15 is 0 Å². The largest absolute Gasteiger partial charge is 0.339 e. The predicted octanol–water partition coefficient (Wildman–Crippen LogP) is 2.53. The molecule has 1 aliphatic heterocycles. The highest BCUT2D eigenvalue weighted by Crippen LogP contribution is 2.34. The Morgan fingerprint density at radius 3 is 2.81 bits per heavy atom. The second-order valence-electron chi connectivity index (χ2n) is 6.99. The lowest BCUT2D eigenvalue weighted by Crippen LogP contribution is -2.39. The van der Waals surface area contributed by atoms with Crippen LogP contribution in [0.4, 0.5) is 5.95 Å². The Morgan fingerprint density at radius 1 is 1.24 bits per heavy atom. The quantitative estimate of drug-likeness (QED) is 0.895. The van der Waals surface area contributed by atoms with Crippen molar-refractivity contribution >= 4 is 5.95 Å². The van der Waals surface area contributed by atoms with E-state index in [1.165, 1.54) is 38.5 Å². The van der Waals surface area contributed by atoms with E-state index in [9.17, 15) is 0 Å². The summed E-state index contributed by atoms with van der Waals surface area (Å²) in [5.41, 5.74) is 0. The van der Waals surface area contributed by atoms with Crippen LogP contribution in [0.3, 0.4) is 0 Å². The molecule has 1 aliphatic carbocycles. The number of piperidine rings is 1. The lowest BCUT2D eigenvalue weighted by Gasteiger charge is -2.31. The maximum atomic E-state index is 4.82. The van der Waals surface area contributed by atoms with Gasteiger partial charge in [-0.3, -0.25) is 5.10 Å². The maximum absolute atomic E-state index is 4.82. The zero-order valence-electron chi connectivity index (χ0n) is 13.4. The summed E-state index contributed by atoms with van der Waals surface area (Å²) in [7, 11) is 2.04. The number of rotatable bonds is 4. The van der Waals surface area contributed by atoms with Crippen LogP contribution in [0.25, 0.3) is 0 Å². The first-order valence-corrected chi connectivity index (χ1v) is 8.58. The van der Waals surface area contributed by atoms with Gasteiger partial charge in [-0.25, -0.2) is 0 Å². The monoisotopic (exact) mass is 291 g/mol. The highest BCUT2D eigenvalue weighted by Gasteiger charge is 2.25. The van der Waals surface area contributed by atoms with Crippen LogP contribution in [-0.4, -0.2) is 41.9 Å². The van der Waals surface area contributed by atoms with Gasteiger partial charge < -0.3 is 10.2 Å². The summed E-state index contributed by atoms with van der Waals surface area (Å²) in [5.74, 6) is 4.24. The topological polar surface area (TPSA) is 56.8 Å². The Morgan fingerprint density at radius 2 is 2.05 bits per heavy atom. The molecule has 2 fully saturated rings. The molecule has 3 rings (SSSR count). The fraction of sp³-hybridized carbons (Fsp3) is 0.875. The number of nitrogens with one attached hydrogen (secondary N) is 2. The van der Waals surface area contributed by atoms with Crippen LogP contribution in [0.15, 0.2) is 0 Å². The second kappa shape index (κ2) is 6.77. The summed E-state index contributed by atoms with van der Waals surface area (Å²) in [6, 6.07) is 0. The Balaban J connectivity index is 1.61. The maximum Gasteiger partial charge on any atom is 0.244 e. The van der Waals surface area contributed by atoms with Crippen LogP contribution < -0.4 is 10.2 Å². The van der Waals surface area contributed by atoms with E-state index in [0.29, 0.717) is 5.92 Å². The van der Waals surface area contributed by atoms with Crippen molar-refractivity contribution in [2.45, 2.75) is 51.4 Å². The molecule has 1 saturated carbocycles. The molecule has 1 unspecified atom stereocenters. The van der Waals surface area contributed by atoms with Crippen LogP contribution in [0.1, 0.15) is 57.2 Å². The van der Waals surface area contributed by atoms with Gasteiger partial charge in [0.2, 0.25) is 5.95 Å². The first kappa shape index (κ1) is 14.8. The van der Waals surface area contributed by atoms with Crippen molar-refractivity contribution in [3.8, 4) is 0 Å². The van der Waals surface area contributed by atoms with E-state index in [2.05, 4.69) is 27.3 Å². The predicted molar refractivity (Wildman–Crippen MR) is 85.6 cm³/mol. The summed E-state index contributed by atoms with van der Waals surface area (Å²) in [6.07, 6.45) is 7.74. The van der Waals surface area contributed by atoms with E-state index < -0.39 is 0 Å². The van der Waals surface area contributed by atoms with Crippen molar-refractivity contribution in [1.82, 2.24) is 20.5 Å². The van der Waals surface area contributed by atoms with Crippen LogP contribution in [0.2, 0.25) is 0 Å². The fourth-order valence-corrected chi connectivity index (χ4v) is 3.82. The van der Waals surface area contributed by atoms with Crippen LogP contribution in [0.5, 0.6) is 0 Å². The molecule has 1 aromatic heterocycles. The van der Waals surface area contributed by atoms with E-state index in [1.807, 2.05) is 7.05 Å². The summed E-state index contributed by atoms with van der Waals surface area (Å²) in [6.45, 7) is 5.63. The first-order valence-electron chi connectivity index (χ1n) is 8.58. The lowest BCUT2D eigenvalue weighted by atomic mass is 9.83. The number of H-pyrrole nitrogens is 1. The molecule has 2 N–H and O–H groups in total. The zero-order valence-corrected chi connectivity index (χ0v) is 13.4. The van der Waals surface area contributed by atoms with Gasteiger partial charge in [-0.05, 0) is 51.1 Å². The van der Waals surface area contributed by atoms with Gasteiger partial charge in [0, 0.05) is 19.0 Å². The molecule has 1 aromatic rings. The second-order valence-corrected chi connectivity index (χ2v) is 6.99. The zero-order chi connectivity index (χ0) is 14.7. The van der Waals surface area contributed by atoms with Crippen molar-refractivity contribution in [2.24, 2.45) is 11.8 Å². The van der Waals surface area contributed by atoms with Crippen molar-refractivity contribution in [2.75, 3.05) is 31.6 Å². The molecule has 21 heavy (non-hydrogen) atoms. The number of hydrogen-bond acceptors (Lipinski definition) is 4. The van der Waals surface area contributed by atoms with E-state index in [1.54, 1.807) is 0 Å². The number of aromatic amines is 1. The Bertz CT molecular complexity index is 434. The standard InChI is InChI=1S/C16H29N5/c1-12-5-7-14(8-6-12)15-18-16(20-19-15)21-9-3-4-13(11-21)10-17-2/h12-14,17H,3-11H2,1-2H3,(H,18,19,20). The lowest BCUT2D eigenvalue weighted by molar-refractivity contribution is 0.340. The molecule has 2 heterocycles. The molecule has 1 atom stereocenters. The third-order valence-electron chi connectivity index (χ3n) is 5.19. The SMILES string of the molecule is CNCC1CCCN(c2n[nH]c(C3CCC(C)CC3)n2)C1. The highest BCUT2D eigenvalue weighted by atomic mass is 15.4. The molecule has 5 nitrogen and oxygen atoms in total. The van der Waals surface area contributed by atoms with Crippen molar-refractivity contribution in [1.29, 1.82) is 0 Å². The number of aromatic nitrogens is 3. The molecule has 0 aromatic carbocycles. The average Bonchev–Trinajstić information content (AvgIpc) is 2.98. The molecule has 2 aliphatic rings. The minimum atomic E-state index is 0.598. The van der Waals surface area contributed by atoms with Gasteiger partial charge in [0.15, 0.2) is 0 Å². The van der Waals surface area contributed by atoms with Gasteiger partial charge in [-0.15, -0.1) is 5.10 Å². The third-order valence-corrected chi connectivity index (χ3v) is 5.19. The average molecular weight is 291 g/mol. The molecular weight excluding hydrogens is 262 g/mol. The Hall–Kier alpha value is -1.10. The minimum absolute atomic E-state index is 0.598. The first-order chi connectivity index (χ1) is 10.3. The molecule has 5 heteroatoms. The van der Waals surface area contributed by atoms with Gasteiger partial charge in [0.05, 0.1) is 0 Å². The number of nitrogens with zero attached hydrogens (tertiary/aromatic N) is 3. The minimum Gasteiger partial charge on any atom is -0.339 e. The summed E-state index contributed by atoms with van der Waals surface area (Å²) in [5, 5.41) is 11.0. The van der Waals surface area contributed by atoms with E-state index in [-0.39, 0.29) is 0 Å². The molecule has 0 radical (unpaired) electrons. The third kappa shape index (κ3) is 3.57. The fourth-order valence-electron chi connectivity index (χ4n) is 3.82. The molecule has 1 saturated heterocycles. The normalized spacial score (nSPS) is 30.6. The summed E-state index contributed by atoms with van der Waals surface area (Å²) >= 11 is 0. The van der Waals surface area contributed by atoms with Crippen LogP contribution in [-0.2, 0) is 0 Å². The van der Waals surface area contributed by atoms with Gasteiger partial charge in [0.1, 0.15) is 5.82 Å². The van der Waals surface area contributed by atoms with Gasteiger partial charge in [0.25, 0.3) is 0 Å². The molecule has 0 spiro atoms. The van der Waals surface area contributed by atoms with Gasteiger partial charge in [-0.1, -0.05) is 19.8 Å². The molecule has 118 valence electrons. The van der Waals surface area contributed by atoms with Gasteiger partial charge >= 0.3 is 0 Å². The van der Waals surface area contributed by atoms with Crippen LogP contribution in [0, 0.1) is 11.8 Å². The number of anilines is 1. The van der Waals surface area contributed by atoms with Gasteiger partial charge in [-0.2, -0.15) is 4.98 Å². The summed E-state index contributed by atoms with van der Waals surface area (Å²) < 4.78 is 0. The Kier molecular flexibility index (Phi) is 4.78.